The average Bonchev–Trinajstić information content (AvgIpc) is 2.99. The van der Waals surface area contributed by atoms with E-state index in [0.717, 1.165) is 28.8 Å². The lowest BCUT2D eigenvalue weighted by Gasteiger charge is -2.11. The predicted octanol–water partition coefficient (Wildman–Crippen LogP) is 3.09. The summed E-state index contributed by atoms with van der Waals surface area (Å²) in [6.45, 7) is 5.26. The number of rotatable bonds is 5. The second-order valence-corrected chi connectivity index (χ2v) is 5.80. The van der Waals surface area contributed by atoms with Crippen LogP contribution in [0.25, 0.3) is 27.8 Å². The van der Waals surface area contributed by atoms with Crippen molar-refractivity contribution >= 4 is 27.8 Å². The zero-order valence-electron chi connectivity index (χ0n) is 14.6. The highest BCUT2D eigenvalue weighted by molar-refractivity contribution is 5.93. The number of ether oxygens (including phenoxy) is 1. The van der Waals surface area contributed by atoms with Gasteiger partial charge in [-0.25, -0.2) is 9.78 Å². The van der Waals surface area contributed by atoms with Crippen LogP contribution in [0.1, 0.15) is 13.8 Å². The molecular weight excluding hydrogens is 330 g/mol. The molecule has 0 aliphatic heterocycles. The van der Waals surface area contributed by atoms with E-state index in [4.69, 9.17) is 4.74 Å². The minimum absolute atomic E-state index is 0.257. The molecule has 26 heavy (non-hydrogen) atoms. The molecule has 7 nitrogen and oxygen atoms in total. The Hall–Kier alpha value is -3.35. The van der Waals surface area contributed by atoms with E-state index in [2.05, 4.69) is 20.3 Å². The van der Waals surface area contributed by atoms with Crippen LogP contribution in [0.3, 0.4) is 0 Å². The molecule has 1 aromatic carbocycles. The maximum Gasteiger partial charge on any atom is 0.332 e. The Morgan fingerprint density at radius 1 is 1.15 bits per heavy atom. The van der Waals surface area contributed by atoms with Gasteiger partial charge in [-0.2, -0.15) is 0 Å². The number of hydrogen-bond acceptors (Lipinski definition) is 5. The molecule has 4 rings (SSSR count). The van der Waals surface area contributed by atoms with Crippen LogP contribution in [0, 0.1) is 0 Å². The first-order valence-corrected chi connectivity index (χ1v) is 8.58. The number of anilines is 1. The van der Waals surface area contributed by atoms with E-state index in [1.165, 1.54) is 0 Å². The summed E-state index contributed by atoms with van der Waals surface area (Å²) in [5.41, 5.74) is 3.45. The van der Waals surface area contributed by atoms with Crippen molar-refractivity contribution in [2.75, 3.05) is 18.5 Å². The molecule has 3 heterocycles. The van der Waals surface area contributed by atoms with Crippen LogP contribution < -0.4 is 15.7 Å². The summed E-state index contributed by atoms with van der Waals surface area (Å²) in [5, 5.41) is 4.29. The van der Waals surface area contributed by atoms with Gasteiger partial charge in [0.05, 0.1) is 17.8 Å². The van der Waals surface area contributed by atoms with Crippen LogP contribution in [-0.2, 0) is 0 Å². The van der Waals surface area contributed by atoms with Gasteiger partial charge >= 0.3 is 5.69 Å². The number of aromatic amines is 1. The van der Waals surface area contributed by atoms with Crippen LogP contribution in [0.4, 0.5) is 5.69 Å². The summed E-state index contributed by atoms with van der Waals surface area (Å²) in [5.74, 6) is 0.619. The summed E-state index contributed by atoms with van der Waals surface area (Å²) in [7, 11) is 0. The summed E-state index contributed by atoms with van der Waals surface area (Å²) in [4.78, 5) is 24.1. The van der Waals surface area contributed by atoms with E-state index in [-0.39, 0.29) is 5.69 Å². The predicted molar refractivity (Wildman–Crippen MR) is 102 cm³/mol. The molecule has 2 N–H and O–H groups in total. The number of pyridine rings is 2. The van der Waals surface area contributed by atoms with Gasteiger partial charge in [-0.05, 0) is 38.1 Å². The number of nitrogens with one attached hydrogen (secondary N) is 2. The smallest absolute Gasteiger partial charge is 0.332 e. The third-order valence-corrected chi connectivity index (χ3v) is 4.19. The van der Waals surface area contributed by atoms with Crippen LogP contribution in [0.15, 0.2) is 47.5 Å². The van der Waals surface area contributed by atoms with Gasteiger partial charge in [-0.1, -0.05) is 0 Å². The second kappa shape index (κ2) is 6.51. The average molecular weight is 349 g/mol. The van der Waals surface area contributed by atoms with Crippen LogP contribution in [0.5, 0.6) is 5.75 Å². The molecule has 0 saturated carbocycles. The van der Waals surface area contributed by atoms with Gasteiger partial charge in [0, 0.05) is 36.1 Å². The molecule has 0 saturated heterocycles. The highest BCUT2D eigenvalue weighted by Crippen LogP contribution is 2.28. The van der Waals surface area contributed by atoms with Crippen molar-refractivity contribution in [2.45, 2.75) is 13.8 Å². The number of nitrogens with zero attached hydrogens (tertiary/aromatic N) is 3. The second-order valence-electron chi connectivity index (χ2n) is 5.80. The fourth-order valence-electron chi connectivity index (χ4n) is 3.14. The van der Waals surface area contributed by atoms with Crippen molar-refractivity contribution in [1.29, 1.82) is 0 Å². The Morgan fingerprint density at radius 3 is 2.81 bits per heavy atom. The summed E-state index contributed by atoms with van der Waals surface area (Å²) >= 11 is 0. The minimum Gasteiger partial charge on any atom is -0.491 e. The minimum atomic E-state index is -0.257. The fourth-order valence-corrected chi connectivity index (χ4v) is 3.14. The van der Waals surface area contributed by atoms with Crippen LogP contribution >= 0.6 is 0 Å². The molecule has 0 aliphatic rings. The van der Waals surface area contributed by atoms with Crippen molar-refractivity contribution in [3.63, 3.8) is 0 Å². The van der Waals surface area contributed by atoms with E-state index >= 15 is 0 Å². The molecule has 4 aromatic rings. The number of hydrogen-bond donors (Lipinski definition) is 2. The van der Waals surface area contributed by atoms with Crippen LogP contribution in [0.2, 0.25) is 0 Å². The first-order valence-electron chi connectivity index (χ1n) is 8.58. The Bertz CT molecular complexity index is 1150. The summed E-state index contributed by atoms with van der Waals surface area (Å²) < 4.78 is 7.29. The zero-order chi connectivity index (χ0) is 18.1. The number of imidazole rings is 1. The Kier molecular flexibility index (Phi) is 4.04. The third-order valence-electron chi connectivity index (χ3n) is 4.19. The summed E-state index contributed by atoms with van der Waals surface area (Å²) in [6.07, 6.45) is 3.40. The molecule has 7 heteroatoms. The van der Waals surface area contributed by atoms with E-state index in [0.29, 0.717) is 23.5 Å². The SMILES string of the molecule is CCNc1ccnc2ccc(-n3c(=O)[nH]c4nccc(OCC)c43)cc12. The van der Waals surface area contributed by atoms with Crippen molar-refractivity contribution in [3.05, 3.63) is 53.2 Å². The highest BCUT2D eigenvalue weighted by atomic mass is 16.5. The molecule has 0 unspecified atom stereocenters. The number of H-pyrrole nitrogens is 1. The lowest BCUT2D eigenvalue weighted by Crippen LogP contribution is -2.15. The number of aromatic nitrogens is 4. The fraction of sp³-hybridized carbons (Fsp3) is 0.211. The Labute approximate surface area is 149 Å². The van der Waals surface area contributed by atoms with Gasteiger partial charge in [-0.15, -0.1) is 0 Å². The highest BCUT2D eigenvalue weighted by Gasteiger charge is 2.15. The molecule has 0 radical (unpaired) electrons. The number of benzene rings is 1. The standard InChI is InChI=1S/C19H19N5O2/c1-3-20-15-7-9-21-14-6-5-12(11-13(14)15)24-17-16(26-4-2)8-10-22-18(17)23-19(24)25/h5-11H,3-4H2,1-2H3,(H,20,21)(H,22,23,25). The first-order chi connectivity index (χ1) is 12.7. The molecule has 0 aliphatic carbocycles. The molecular formula is C19H19N5O2. The van der Waals surface area contributed by atoms with Gasteiger partial charge in [-0.3, -0.25) is 14.5 Å². The van der Waals surface area contributed by atoms with E-state index in [1.807, 2.05) is 38.1 Å². The molecule has 0 bridgehead atoms. The third kappa shape index (κ3) is 2.57. The zero-order valence-corrected chi connectivity index (χ0v) is 14.6. The summed E-state index contributed by atoms with van der Waals surface area (Å²) in [6, 6.07) is 9.44. The number of fused-ring (bicyclic) bond motifs is 2. The topological polar surface area (TPSA) is 84.8 Å². The lowest BCUT2D eigenvalue weighted by molar-refractivity contribution is 0.343. The van der Waals surface area contributed by atoms with Gasteiger partial charge < -0.3 is 10.1 Å². The Balaban J connectivity index is 1.99. The van der Waals surface area contributed by atoms with Crippen molar-refractivity contribution in [2.24, 2.45) is 0 Å². The van der Waals surface area contributed by atoms with Gasteiger partial charge in [0.25, 0.3) is 0 Å². The van der Waals surface area contributed by atoms with E-state index in [1.54, 1.807) is 23.0 Å². The molecule has 0 atom stereocenters. The van der Waals surface area contributed by atoms with Gasteiger partial charge in [0.15, 0.2) is 5.65 Å². The molecule has 3 aromatic heterocycles. The van der Waals surface area contributed by atoms with Crippen LogP contribution in [-0.4, -0.2) is 32.7 Å². The van der Waals surface area contributed by atoms with E-state index < -0.39 is 0 Å². The molecule has 132 valence electrons. The quantitative estimate of drug-likeness (QED) is 0.578. The van der Waals surface area contributed by atoms with E-state index in [9.17, 15) is 4.79 Å². The maximum atomic E-state index is 12.6. The van der Waals surface area contributed by atoms with Gasteiger partial charge in [0.1, 0.15) is 11.3 Å². The normalized spacial score (nSPS) is 11.2. The maximum absolute atomic E-state index is 12.6. The largest absolute Gasteiger partial charge is 0.491 e. The Morgan fingerprint density at radius 2 is 2.00 bits per heavy atom. The van der Waals surface area contributed by atoms with Crippen molar-refractivity contribution in [3.8, 4) is 11.4 Å². The molecule has 0 spiro atoms. The molecule has 0 amide bonds. The molecule has 0 fully saturated rings. The first kappa shape index (κ1) is 16.1. The lowest BCUT2D eigenvalue weighted by atomic mass is 10.1. The monoisotopic (exact) mass is 349 g/mol. The van der Waals surface area contributed by atoms with Crippen molar-refractivity contribution in [1.82, 2.24) is 19.5 Å². The van der Waals surface area contributed by atoms with Crippen molar-refractivity contribution < 1.29 is 4.74 Å². The van der Waals surface area contributed by atoms with Gasteiger partial charge in [0.2, 0.25) is 0 Å².